The van der Waals surface area contributed by atoms with Crippen LogP contribution in [0, 0.1) is 11.6 Å². The van der Waals surface area contributed by atoms with Crippen molar-refractivity contribution in [1.29, 1.82) is 0 Å². The summed E-state index contributed by atoms with van der Waals surface area (Å²) in [5.41, 5.74) is 5.84. The first-order valence-corrected chi connectivity index (χ1v) is 8.89. The van der Waals surface area contributed by atoms with E-state index in [4.69, 9.17) is 19.9 Å². The highest BCUT2D eigenvalue weighted by Crippen LogP contribution is 2.38. The van der Waals surface area contributed by atoms with Crippen molar-refractivity contribution in [3.05, 3.63) is 30.0 Å². The highest BCUT2D eigenvalue weighted by Gasteiger charge is 2.25. The van der Waals surface area contributed by atoms with Crippen molar-refractivity contribution in [3.63, 3.8) is 0 Å². The molecular formula is C19H19F2N5O3. The predicted molar refractivity (Wildman–Crippen MR) is 103 cm³/mol. The van der Waals surface area contributed by atoms with E-state index in [0.29, 0.717) is 29.9 Å². The van der Waals surface area contributed by atoms with Gasteiger partial charge in [0, 0.05) is 24.3 Å². The molecule has 3 heterocycles. The number of anilines is 2. The summed E-state index contributed by atoms with van der Waals surface area (Å²) in [6, 6.07) is 2.63. The number of nitrogens with two attached hydrogens (primary N) is 1. The fraction of sp³-hybridized carbons (Fsp3) is 0.316. The summed E-state index contributed by atoms with van der Waals surface area (Å²) < 4.78 is 45.4. The summed E-state index contributed by atoms with van der Waals surface area (Å²) in [6.45, 7) is 1.10. The first kappa shape index (κ1) is 19.1. The lowest BCUT2D eigenvalue weighted by molar-refractivity contribution is 0.195. The molecule has 2 aromatic heterocycles. The molecule has 152 valence electrons. The fourth-order valence-electron chi connectivity index (χ4n) is 3.23. The fourth-order valence-corrected chi connectivity index (χ4v) is 3.23. The van der Waals surface area contributed by atoms with Crippen LogP contribution in [-0.4, -0.2) is 48.4 Å². The maximum atomic E-state index is 15.0. The van der Waals surface area contributed by atoms with Crippen molar-refractivity contribution in [2.75, 3.05) is 38.5 Å². The minimum atomic E-state index is -0.885. The Bertz CT molecular complexity index is 1050. The van der Waals surface area contributed by atoms with Gasteiger partial charge in [0.2, 0.25) is 5.95 Å². The van der Waals surface area contributed by atoms with E-state index in [2.05, 4.69) is 20.3 Å². The highest BCUT2D eigenvalue weighted by atomic mass is 19.1. The van der Waals surface area contributed by atoms with Gasteiger partial charge in [0.15, 0.2) is 29.0 Å². The maximum absolute atomic E-state index is 15.0. The molecule has 1 aliphatic heterocycles. The molecule has 10 heteroatoms. The lowest BCUT2D eigenvalue weighted by Gasteiger charge is -2.16. The van der Waals surface area contributed by atoms with E-state index < -0.39 is 11.6 Å². The average Bonchev–Trinajstić information content (AvgIpc) is 3.22. The number of methoxy groups -OCH3 is 2. The van der Waals surface area contributed by atoms with Gasteiger partial charge in [0.1, 0.15) is 5.52 Å². The van der Waals surface area contributed by atoms with E-state index >= 15 is 0 Å². The molecular weight excluding hydrogens is 384 g/mol. The Labute approximate surface area is 165 Å². The molecule has 1 fully saturated rings. The number of halogens is 2. The monoisotopic (exact) mass is 403 g/mol. The van der Waals surface area contributed by atoms with Crippen molar-refractivity contribution in [1.82, 2.24) is 15.0 Å². The molecule has 3 N–H and O–H groups in total. The molecule has 0 saturated carbocycles. The zero-order chi connectivity index (χ0) is 20.5. The van der Waals surface area contributed by atoms with E-state index in [9.17, 15) is 8.78 Å². The number of rotatable bonds is 5. The zero-order valence-electron chi connectivity index (χ0n) is 15.8. The van der Waals surface area contributed by atoms with E-state index in [-0.39, 0.29) is 34.7 Å². The summed E-state index contributed by atoms with van der Waals surface area (Å²) in [5.74, 6) is -1.69. The van der Waals surface area contributed by atoms with E-state index in [1.807, 2.05) is 0 Å². The number of hydrogen-bond donors (Lipinski definition) is 2. The van der Waals surface area contributed by atoms with Crippen LogP contribution in [0.3, 0.4) is 0 Å². The molecule has 1 aromatic carbocycles. The molecule has 1 unspecified atom stereocenters. The molecule has 0 bridgehead atoms. The summed E-state index contributed by atoms with van der Waals surface area (Å²) >= 11 is 0. The Morgan fingerprint density at radius 3 is 2.48 bits per heavy atom. The van der Waals surface area contributed by atoms with Gasteiger partial charge in [-0.25, -0.2) is 23.7 Å². The van der Waals surface area contributed by atoms with Gasteiger partial charge in [-0.05, 0) is 12.5 Å². The summed E-state index contributed by atoms with van der Waals surface area (Å²) in [5, 5.41) is 3.75. The van der Waals surface area contributed by atoms with Gasteiger partial charge < -0.3 is 25.3 Å². The number of benzene rings is 1. The molecule has 0 amide bonds. The predicted octanol–water partition coefficient (Wildman–Crippen LogP) is 2.77. The van der Waals surface area contributed by atoms with Crippen molar-refractivity contribution >= 4 is 22.7 Å². The van der Waals surface area contributed by atoms with Gasteiger partial charge in [0.25, 0.3) is 0 Å². The standard InChI is InChI=1S/C19H19F2N5O3/c1-27-12-6-13(28-2)16(21)14(15(12)20)11-5-9-7-23-19(22)26-17(9)18(25-11)24-10-3-4-29-8-10/h5-7,10H,3-4,8H2,1-2H3,(H,24,25)(H2,22,23,26). The summed E-state index contributed by atoms with van der Waals surface area (Å²) in [6.07, 6.45) is 2.25. The number of pyridine rings is 1. The largest absolute Gasteiger partial charge is 0.494 e. The van der Waals surface area contributed by atoms with Gasteiger partial charge in [-0.2, -0.15) is 0 Å². The van der Waals surface area contributed by atoms with Crippen molar-refractivity contribution < 1.29 is 23.0 Å². The Hall–Kier alpha value is -3.27. The van der Waals surface area contributed by atoms with Gasteiger partial charge in [-0.15, -0.1) is 0 Å². The van der Waals surface area contributed by atoms with E-state index in [1.165, 1.54) is 26.5 Å². The third-order valence-electron chi connectivity index (χ3n) is 4.68. The van der Waals surface area contributed by atoms with Crippen LogP contribution in [0.1, 0.15) is 6.42 Å². The van der Waals surface area contributed by atoms with Crippen molar-refractivity contribution in [2.24, 2.45) is 0 Å². The molecule has 0 aliphatic carbocycles. The quantitative estimate of drug-likeness (QED) is 0.670. The van der Waals surface area contributed by atoms with E-state index in [1.54, 1.807) is 0 Å². The zero-order valence-corrected chi connectivity index (χ0v) is 15.8. The Morgan fingerprint density at radius 1 is 1.14 bits per heavy atom. The molecule has 8 nitrogen and oxygen atoms in total. The minimum Gasteiger partial charge on any atom is -0.494 e. The maximum Gasteiger partial charge on any atom is 0.220 e. The smallest absolute Gasteiger partial charge is 0.220 e. The normalized spacial score (nSPS) is 16.2. The molecule has 1 atom stereocenters. The van der Waals surface area contributed by atoms with Crippen LogP contribution in [0.4, 0.5) is 20.5 Å². The third kappa shape index (κ3) is 3.46. The number of hydrogen-bond acceptors (Lipinski definition) is 8. The Kier molecular flexibility index (Phi) is 5.01. The van der Waals surface area contributed by atoms with Crippen LogP contribution in [-0.2, 0) is 4.74 Å². The molecule has 1 aliphatic rings. The average molecular weight is 403 g/mol. The second kappa shape index (κ2) is 7.63. The lowest BCUT2D eigenvalue weighted by atomic mass is 10.1. The highest BCUT2D eigenvalue weighted by molar-refractivity contribution is 5.92. The van der Waals surface area contributed by atoms with Gasteiger partial charge >= 0.3 is 0 Å². The lowest BCUT2D eigenvalue weighted by Crippen LogP contribution is -2.20. The van der Waals surface area contributed by atoms with Gasteiger partial charge in [0.05, 0.1) is 38.1 Å². The first-order chi connectivity index (χ1) is 14.0. The number of aromatic nitrogens is 3. The molecule has 0 radical (unpaired) electrons. The van der Waals surface area contributed by atoms with Gasteiger partial charge in [-0.1, -0.05) is 0 Å². The van der Waals surface area contributed by atoms with Crippen LogP contribution in [0.5, 0.6) is 11.5 Å². The summed E-state index contributed by atoms with van der Waals surface area (Å²) in [4.78, 5) is 12.7. The number of fused-ring (bicyclic) bond motifs is 1. The summed E-state index contributed by atoms with van der Waals surface area (Å²) in [7, 11) is 2.58. The SMILES string of the molecule is COc1cc(OC)c(F)c(-c2cc3cnc(N)nc3c(NC3CCOC3)n2)c1F. The van der Waals surface area contributed by atoms with Crippen LogP contribution in [0.25, 0.3) is 22.2 Å². The second-order valence-corrected chi connectivity index (χ2v) is 6.51. The van der Waals surface area contributed by atoms with E-state index in [0.717, 1.165) is 12.5 Å². The molecule has 1 saturated heterocycles. The van der Waals surface area contributed by atoms with Crippen molar-refractivity contribution in [3.8, 4) is 22.8 Å². The Balaban J connectivity index is 1.94. The number of nitrogen functional groups attached to an aromatic ring is 1. The van der Waals surface area contributed by atoms with Crippen molar-refractivity contribution in [2.45, 2.75) is 12.5 Å². The van der Waals surface area contributed by atoms with Crippen LogP contribution < -0.4 is 20.5 Å². The number of ether oxygens (including phenoxy) is 3. The van der Waals surface area contributed by atoms with Crippen LogP contribution in [0.15, 0.2) is 18.3 Å². The minimum absolute atomic E-state index is 0.00770. The third-order valence-corrected chi connectivity index (χ3v) is 4.68. The first-order valence-electron chi connectivity index (χ1n) is 8.89. The number of nitrogens with zero attached hydrogens (tertiary/aromatic N) is 3. The second-order valence-electron chi connectivity index (χ2n) is 6.51. The molecule has 3 aromatic rings. The molecule has 29 heavy (non-hydrogen) atoms. The molecule has 0 spiro atoms. The van der Waals surface area contributed by atoms with Crippen LogP contribution in [0.2, 0.25) is 0 Å². The Morgan fingerprint density at radius 2 is 1.86 bits per heavy atom. The van der Waals surface area contributed by atoms with Crippen LogP contribution >= 0.6 is 0 Å². The number of nitrogens with one attached hydrogen (secondary N) is 1. The van der Waals surface area contributed by atoms with Gasteiger partial charge in [-0.3, -0.25) is 0 Å². The molecule has 4 rings (SSSR count). The topological polar surface area (TPSA) is 104 Å².